The number of benzene rings is 1. The second-order valence-electron chi connectivity index (χ2n) is 5.88. The Balaban J connectivity index is 1.41. The van der Waals surface area contributed by atoms with Crippen LogP contribution in [0.4, 0.5) is 0 Å². The summed E-state index contributed by atoms with van der Waals surface area (Å²) in [6, 6.07) is 8.62. The monoisotopic (exact) mass is 306 g/mol. The number of rotatable bonds is 4. The SMILES string of the molecule is COC(=O)C1CCC(OCC2Cc3ccccc3S2)CC1. The first-order valence-electron chi connectivity index (χ1n) is 7.70. The summed E-state index contributed by atoms with van der Waals surface area (Å²) < 4.78 is 10.9. The molecule has 1 aliphatic carbocycles. The maximum Gasteiger partial charge on any atom is 0.308 e. The molecule has 1 saturated carbocycles. The van der Waals surface area contributed by atoms with Crippen molar-refractivity contribution in [3.05, 3.63) is 29.8 Å². The molecule has 0 saturated heterocycles. The molecular formula is C17H22O3S. The molecule has 114 valence electrons. The van der Waals surface area contributed by atoms with Gasteiger partial charge in [0.15, 0.2) is 0 Å². The van der Waals surface area contributed by atoms with Crippen molar-refractivity contribution in [2.24, 2.45) is 5.92 Å². The fourth-order valence-electron chi connectivity index (χ4n) is 3.22. The third kappa shape index (κ3) is 3.61. The fraction of sp³-hybridized carbons (Fsp3) is 0.588. The molecule has 0 bridgehead atoms. The van der Waals surface area contributed by atoms with Crippen molar-refractivity contribution < 1.29 is 14.3 Å². The predicted octanol–water partition coefficient (Wildman–Crippen LogP) is 3.45. The first kappa shape index (κ1) is 14.9. The van der Waals surface area contributed by atoms with E-state index >= 15 is 0 Å². The van der Waals surface area contributed by atoms with Gasteiger partial charge in [0.25, 0.3) is 0 Å². The van der Waals surface area contributed by atoms with Crippen LogP contribution in [0, 0.1) is 5.92 Å². The van der Waals surface area contributed by atoms with E-state index in [4.69, 9.17) is 9.47 Å². The van der Waals surface area contributed by atoms with Gasteiger partial charge in [-0.1, -0.05) is 18.2 Å². The Morgan fingerprint density at radius 3 is 2.71 bits per heavy atom. The van der Waals surface area contributed by atoms with E-state index in [1.807, 2.05) is 11.8 Å². The van der Waals surface area contributed by atoms with Crippen LogP contribution in [0.1, 0.15) is 31.2 Å². The molecule has 1 atom stereocenters. The van der Waals surface area contributed by atoms with Crippen LogP contribution < -0.4 is 0 Å². The van der Waals surface area contributed by atoms with Gasteiger partial charge in [-0.25, -0.2) is 0 Å². The number of carbonyl (C=O) groups excluding carboxylic acids is 1. The second kappa shape index (κ2) is 6.84. The maximum absolute atomic E-state index is 11.5. The molecule has 1 unspecified atom stereocenters. The molecule has 1 aromatic carbocycles. The van der Waals surface area contributed by atoms with E-state index in [0.29, 0.717) is 11.4 Å². The van der Waals surface area contributed by atoms with Gasteiger partial charge in [0.1, 0.15) is 0 Å². The van der Waals surface area contributed by atoms with Crippen LogP contribution in [-0.4, -0.2) is 31.0 Å². The minimum atomic E-state index is -0.0600. The Labute approximate surface area is 130 Å². The van der Waals surface area contributed by atoms with Crippen molar-refractivity contribution in [2.75, 3.05) is 13.7 Å². The Bertz CT molecular complexity index is 470. The highest BCUT2D eigenvalue weighted by molar-refractivity contribution is 8.00. The third-order valence-electron chi connectivity index (χ3n) is 4.44. The normalized spacial score (nSPS) is 28.1. The molecule has 0 spiro atoms. The van der Waals surface area contributed by atoms with Crippen molar-refractivity contribution in [3.63, 3.8) is 0 Å². The molecule has 3 nitrogen and oxygen atoms in total. The molecule has 1 aromatic rings. The van der Waals surface area contributed by atoms with E-state index < -0.39 is 0 Å². The van der Waals surface area contributed by atoms with E-state index in [9.17, 15) is 4.79 Å². The zero-order chi connectivity index (χ0) is 14.7. The Morgan fingerprint density at radius 2 is 2.00 bits per heavy atom. The van der Waals surface area contributed by atoms with Crippen LogP contribution >= 0.6 is 11.8 Å². The Hall–Kier alpha value is -1.00. The number of fused-ring (bicyclic) bond motifs is 1. The van der Waals surface area contributed by atoms with Crippen molar-refractivity contribution in [1.82, 2.24) is 0 Å². The Morgan fingerprint density at radius 1 is 1.24 bits per heavy atom. The predicted molar refractivity (Wildman–Crippen MR) is 83.5 cm³/mol. The smallest absolute Gasteiger partial charge is 0.308 e. The van der Waals surface area contributed by atoms with Gasteiger partial charge >= 0.3 is 5.97 Å². The number of esters is 1. The van der Waals surface area contributed by atoms with Gasteiger partial charge in [-0.05, 0) is 43.7 Å². The van der Waals surface area contributed by atoms with Crippen LogP contribution in [-0.2, 0) is 20.7 Å². The zero-order valence-corrected chi connectivity index (χ0v) is 13.2. The molecule has 0 amide bonds. The summed E-state index contributed by atoms with van der Waals surface area (Å²) in [4.78, 5) is 12.9. The molecule has 1 aliphatic heterocycles. The summed E-state index contributed by atoms with van der Waals surface area (Å²) in [5.41, 5.74) is 1.45. The summed E-state index contributed by atoms with van der Waals surface area (Å²) in [6.07, 6.45) is 5.17. The number of thioether (sulfide) groups is 1. The van der Waals surface area contributed by atoms with Gasteiger partial charge in [-0.3, -0.25) is 4.79 Å². The molecule has 0 radical (unpaired) electrons. The second-order valence-corrected chi connectivity index (χ2v) is 7.22. The van der Waals surface area contributed by atoms with Gasteiger partial charge in [0, 0.05) is 10.1 Å². The molecular weight excluding hydrogens is 284 g/mol. The van der Waals surface area contributed by atoms with Crippen molar-refractivity contribution >= 4 is 17.7 Å². The number of hydrogen-bond donors (Lipinski definition) is 0. The third-order valence-corrected chi connectivity index (χ3v) is 5.73. The van der Waals surface area contributed by atoms with Crippen molar-refractivity contribution in [1.29, 1.82) is 0 Å². The molecule has 1 fully saturated rings. The highest BCUT2D eigenvalue weighted by atomic mass is 32.2. The van der Waals surface area contributed by atoms with Crippen LogP contribution in [0.15, 0.2) is 29.2 Å². The molecule has 0 aromatic heterocycles. The summed E-state index contributed by atoms with van der Waals surface area (Å²) in [5, 5.41) is 0.542. The van der Waals surface area contributed by atoms with Gasteiger partial charge in [0.05, 0.1) is 25.7 Å². The van der Waals surface area contributed by atoms with Crippen LogP contribution in [0.25, 0.3) is 0 Å². The topological polar surface area (TPSA) is 35.5 Å². The lowest BCUT2D eigenvalue weighted by Crippen LogP contribution is -2.28. The molecule has 3 rings (SSSR count). The van der Waals surface area contributed by atoms with Gasteiger partial charge < -0.3 is 9.47 Å². The maximum atomic E-state index is 11.5. The zero-order valence-electron chi connectivity index (χ0n) is 12.4. The largest absolute Gasteiger partial charge is 0.469 e. The first-order valence-corrected chi connectivity index (χ1v) is 8.58. The molecule has 4 heteroatoms. The van der Waals surface area contributed by atoms with Gasteiger partial charge in [-0.2, -0.15) is 0 Å². The lowest BCUT2D eigenvalue weighted by molar-refractivity contribution is -0.147. The molecule has 1 heterocycles. The first-order chi connectivity index (χ1) is 10.3. The van der Waals surface area contributed by atoms with E-state index in [2.05, 4.69) is 24.3 Å². The standard InChI is InChI=1S/C17H22O3S/c1-19-17(18)12-6-8-14(9-7-12)20-11-15-10-13-4-2-3-5-16(13)21-15/h2-5,12,14-15H,6-11H2,1H3. The Kier molecular flexibility index (Phi) is 4.86. The quantitative estimate of drug-likeness (QED) is 0.798. The molecule has 21 heavy (non-hydrogen) atoms. The number of ether oxygens (including phenoxy) is 2. The average Bonchev–Trinajstić information content (AvgIpc) is 2.95. The van der Waals surface area contributed by atoms with Crippen molar-refractivity contribution in [3.8, 4) is 0 Å². The summed E-state index contributed by atoms with van der Waals surface area (Å²) in [5.74, 6) is 0.0233. The molecule has 0 N–H and O–H groups in total. The fourth-order valence-corrected chi connectivity index (χ4v) is 4.45. The lowest BCUT2D eigenvalue weighted by Gasteiger charge is -2.27. The van der Waals surface area contributed by atoms with Crippen LogP contribution in [0.5, 0.6) is 0 Å². The van der Waals surface area contributed by atoms with Gasteiger partial charge in [-0.15, -0.1) is 11.8 Å². The van der Waals surface area contributed by atoms with Crippen LogP contribution in [0.2, 0.25) is 0 Å². The van der Waals surface area contributed by atoms with E-state index in [0.717, 1.165) is 38.7 Å². The number of methoxy groups -OCH3 is 1. The number of hydrogen-bond acceptors (Lipinski definition) is 4. The van der Waals surface area contributed by atoms with E-state index in [1.54, 1.807) is 0 Å². The highest BCUT2D eigenvalue weighted by Crippen LogP contribution is 2.37. The summed E-state index contributed by atoms with van der Waals surface area (Å²) >= 11 is 1.93. The molecule has 2 aliphatic rings. The summed E-state index contributed by atoms with van der Waals surface area (Å²) in [6.45, 7) is 0.812. The van der Waals surface area contributed by atoms with Gasteiger partial charge in [0.2, 0.25) is 0 Å². The minimum Gasteiger partial charge on any atom is -0.469 e. The van der Waals surface area contributed by atoms with E-state index in [-0.39, 0.29) is 11.9 Å². The van der Waals surface area contributed by atoms with Crippen LogP contribution in [0.3, 0.4) is 0 Å². The highest BCUT2D eigenvalue weighted by Gasteiger charge is 2.28. The summed E-state index contributed by atoms with van der Waals surface area (Å²) in [7, 11) is 1.47. The number of carbonyl (C=O) groups is 1. The van der Waals surface area contributed by atoms with E-state index in [1.165, 1.54) is 17.6 Å². The lowest BCUT2D eigenvalue weighted by atomic mass is 9.87. The van der Waals surface area contributed by atoms with Crippen molar-refractivity contribution in [2.45, 2.75) is 48.4 Å². The minimum absolute atomic E-state index is 0.0600. The average molecular weight is 306 g/mol.